The smallest absolute Gasteiger partial charge is 0.246 e. The monoisotopic (exact) mass is 480 g/mol. The fourth-order valence-corrected chi connectivity index (χ4v) is 5.74. The van der Waals surface area contributed by atoms with Gasteiger partial charge < -0.3 is 24.3 Å². The van der Waals surface area contributed by atoms with Crippen molar-refractivity contribution in [2.24, 2.45) is 0 Å². The number of H-pyrrole nitrogens is 1. The number of ether oxygens (including phenoxy) is 2. The van der Waals surface area contributed by atoms with E-state index in [1.807, 2.05) is 54.6 Å². The van der Waals surface area contributed by atoms with Crippen LogP contribution in [0.3, 0.4) is 0 Å². The van der Waals surface area contributed by atoms with Crippen LogP contribution in [0.1, 0.15) is 28.6 Å². The van der Waals surface area contributed by atoms with Crippen LogP contribution in [0.4, 0.5) is 0 Å². The number of nitrogens with zero attached hydrogens (tertiary/aromatic N) is 3. The van der Waals surface area contributed by atoms with E-state index in [-0.39, 0.29) is 25.2 Å². The Bertz CT molecular complexity index is 1500. The number of aromatic nitrogens is 2. The summed E-state index contributed by atoms with van der Waals surface area (Å²) in [6.45, 7) is 0.691. The third-order valence-corrected chi connectivity index (χ3v) is 7.42. The summed E-state index contributed by atoms with van der Waals surface area (Å²) < 4.78 is 11.1. The van der Waals surface area contributed by atoms with E-state index < -0.39 is 12.1 Å². The highest BCUT2D eigenvalue weighted by molar-refractivity contribution is 5.97. The van der Waals surface area contributed by atoms with Gasteiger partial charge in [0.2, 0.25) is 18.6 Å². The quantitative estimate of drug-likeness (QED) is 0.485. The van der Waals surface area contributed by atoms with Gasteiger partial charge in [0.1, 0.15) is 6.04 Å². The Balaban J connectivity index is 1.30. The zero-order chi connectivity index (χ0) is 24.2. The normalized spacial score (nSPS) is 20.6. The van der Waals surface area contributed by atoms with Crippen LogP contribution in [0.25, 0.3) is 10.9 Å². The highest BCUT2D eigenvalue weighted by atomic mass is 16.7. The Morgan fingerprint density at radius 1 is 1.00 bits per heavy atom. The van der Waals surface area contributed by atoms with E-state index in [4.69, 9.17) is 9.47 Å². The summed E-state index contributed by atoms with van der Waals surface area (Å²) in [6.07, 6.45) is 2.83. The minimum absolute atomic E-state index is 0.0211. The molecule has 1 fully saturated rings. The molecule has 3 aliphatic heterocycles. The highest BCUT2D eigenvalue weighted by Crippen LogP contribution is 2.44. The van der Waals surface area contributed by atoms with E-state index in [0.29, 0.717) is 30.9 Å². The lowest BCUT2D eigenvalue weighted by Crippen LogP contribution is -2.63. The average molecular weight is 481 g/mol. The summed E-state index contributed by atoms with van der Waals surface area (Å²) in [5, 5.41) is 1.09. The molecule has 2 aromatic heterocycles. The van der Waals surface area contributed by atoms with E-state index in [2.05, 4.69) is 16.0 Å². The van der Waals surface area contributed by atoms with Gasteiger partial charge >= 0.3 is 0 Å². The number of carbonyl (C=O) groups excluding carboxylic acids is 2. The van der Waals surface area contributed by atoms with Crippen molar-refractivity contribution >= 4 is 22.7 Å². The van der Waals surface area contributed by atoms with Crippen LogP contribution in [0, 0.1) is 0 Å². The molecule has 0 aliphatic carbocycles. The molecule has 4 aromatic rings. The first-order valence-corrected chi connectivity index (χ1v) is 12.2. The predicted molar refractivity (Wildman–Crippen MR) is 132 cm³/mol. The number of nitrogens with one attached hydrogen (secondary N) is 1. The molecule has 0 spiro atoms. The average Bonchev–Trinajstić information content (AvgIpc) is 3.53. The van der Waals surface area contributed by atoms with E-state index in [1.165, 1.54) is 0 Å². The Morgan fingerprint density at radius 2 is 1.86 bits per heavy atom. The largest absolute Gasteiger partial charge is 0.454 e. The lowest BCUT2D eigenvalue weighted by molar-refractivity contribution is -0.158. The number of pyridine rings is 1. The number of hydrogen-bond donors (Lipinski definition) is 1. The van der Waals surface area contributed by atoms with Crippen LogP contribution in [-0.4, -0.2) is 57.5 Å². The van der Waals surface area contributed by atoms with Gasteiger partial charge in [-0.05, 0) is 41.5 Å². The van der Waals surface area contributed by atoms with Crippen molar-refractivity contribution in [3.05, 3.63) is 89.4 Å². The van der Waals surface area contributed by atoms with E-state index in [9.17, 15) is 9.59 Å². The van der Waals surface area contributed by atoms with Gasteiger partial charge in [-0.1, -0.05) is 30.3 Å². The summed E-state index contributed by atoms with van der Waals surface area (Å²) in [6, 6.07) is 18.6. The zero-order valence-corrected chi connectivity index (χ0v) is 19.5. The second-order valence-corrected chi connectivity index (χ2v) is 9.43. The maximum Gasteiger partial charge on any atom is 0.246 e. The fraction of sp³-hybridized carbons (Fsp3) is 0.250. The van der Waals surface area contributed by atoms with Crippen molar-refractivity contribution in [3.8, 4) is 11.5 Å². The first-order valence-electron chi connectivity index (χ1n) is 12.2. The summed E-state index contributed by atoms with van der Waals surface area (Å²) in [5.74, 6) is 1.25. The molecule has 5 heterocycles. The molecule has 8 nitrogen and oxygen atoms in total. The van der Waals surface area contributed by atoms with E-state index in [1.54, 1.807) is 16.0 Å². The van der Waals surface area contributed by atoms with Crippen molar-refractivity contribution in [2.75, 3.05) is 19.9 Å². The Morgan fingerprint density at radius 3 is 2.75 bits per heavy atom. The number of aromatic amines is 1. The predicted octanol–water partition coefficient (Wildman–Crippen LogP) is 3.22. The molecular weight excluding hydrogens is 456 g/mol. The SMILES string of the molecule is O=C1C2Cc3c([nH]c4ccccc34)C(c3ccc4c(c3)OCO4)N2C(=O)CN1CCc1ccccn1. The Labute approximate surface area is 207 Å². The first-order chi connectivity index (χ1) is 17.7. The van der Waals surface area contributed by atoms with Crippen molar-refractivity contribution < 1.29 is 19.1 Å². The van der Waals surface area contributed by atoms with E-state index in [0.717, 1.165) is 33.4 Å². The standard InChI is InChI=1S/C28H24N4O4/c33-25-15-31(12-10-18-5-3-4-11-29-18)28(34)22-14-20-19-6-1-2-7-21(19)30-26(20)27(32(22)25)17-8-9-23-24(13-17)36-16-35-23/h1-9,11,13,22,27,30H,10,12,14-16H2. The number of rotatable bonds is 4. The summed E-state index contributed by atoms with van der Waals surface area (Å²) >= 11 is 0. The second-order valence-electron chi connectivity index (χ2n) is 9.43. The van der Waals surface area contributed by atoms with Crippen molar-refractivity contribution in [3.63, 3.8) is 0 Å². The molecule has 180 valence electrons. The second kappa shape index (κ2) is 8.12. The molecular formula is C28H24N4O4. The van der Waals surface area contributed by atoms with Crippen LogP contribution in [-0.2, 0) is 22.4 Å². The molecule has 3 aliphatic rings. The Hall–Kier alpha value is -4.33. The molecule has 1 N–H and O–H groups in total. The number of carbonyl (C=O) groups is 2. The molecule has 36 heavy (non-hydrogen) atoms. The third kappa shape index (κ3) is 3.25. The van der Waals surface area contributed by atoms with Gasteiger partial charge in [0.05, 0.1) is 12.6 Å². The minimum Gasteiger partial charge on any atom is -0.454 e. The van der Waals surface area contributed by atoms with Crippen LogP contribution >= 0.6 is 0 Å². The van der Waals surface area contributed by atoms with Gasteiger partial charge in [-0.15, -0.1) is 0 Å². The minimum atomic E-state index is -0.572. The van der Waals surface area contributed by atoms with Crippen molar-refractivity contribution in [1.29, 1.82) is 0 Å². The molecule has 8 heteroatoms. The number of fused-ring (bicyclic) bond motifs is 5. The van der Waals surface area contributed by atoms with Crippen LogP contribution < -0.4 is 9.47 Å². The lowest BCUT2D eigenvalue weighted by atomic mass is 9.86. The van der Waals surface area contributed by atoms with Crippen molar-refractivity contribution in [1.82, 2.24) is 19.8 Å². The van der Waals surface area contributed by atoms with E-state index >= 15 is 0 Å². The molecule has 7 rings (SSSR count). The maximum absolute atomic E-state index is 13.8. The topological polar surface area (TPSA) is 87.8 Å². The first kappa shape index (κ1) is 21.0. The Kier molecular flexibility index (Phi) is 4.73. The van der Waals surface area contributed by atoms with Gasteiger partial charge in [0.25, 0.3) is 0 Å². The van der Waals surface area contributed by atoms with Crippen molar-refractivity contribution in [2.45, 2.75) is 24.9 Å². The highest BCUT2D eigenvalue weighted by Gasteiger charge is 2.48. The number of piperazine rings is 1. The van der Waals surface area contributed by atoms with Crippen LogP contribution in [0.15, 0.2) is 66.9 Å². The zero-order valence-electron chi connectivity index (χ0n) is 19.5. The lowest BCUT2D eigenvalue weighted by Gasteiger charge is -2.47. The summed E-state index contributed by atoms with van der Waals surface area (Å²) in [7, 11) is 0. The summed E-state index contributed by atoms with van der Waals surface area (Å²) in [5.41, 5.74) is 4.83. The molecule has 0 bridgehead atoms. The third-order valence-electron chi connectivity index (χ3n) is 7.42. The number of benzene rings is 2. The van der Waals surface area contributed by atoms with Crippen LogP contribution in [0.2, 0.25) is 0 Å². The molecule has 2 aromatic carbocycles. The molecule has 1 saturated heterocycles. The maximum atomic E-state index is 13.8. The number of para-hydroxylation sites is 1. The molecule has 2 atom stereocenters. The van der Waals surface area contributed by atoms with Gasteiger partial charge in [0.15, 0.2) is 11.5 Å². The van der Waals surface area contributed by atoms with Gasteiger partial charge in [-0.3, -0.25) is 14.6 Å². The number of amides is 2. The van der Waals surface area contributed by atoms with Gasteiger partial charge in [-0.2, -0.15) is 0 Å². The van der Waals surface area contributed by atoms with Gasteiger partial charge in [-0.25, -0.2) is 0 Å². The fourth-order valence-electron chi connectivity index (χ4n) is 5.74. The molecule has 0 saturated carbocycles. The summed E-state index contributed by atoms with van der Waals surface area (Å²) in [4.78, 5) is 38.9. The number of hydrogen-bond acceptors (Lipinski definition) is 5. The molecule has 2 amide bonds. The van der Waals surface area contributed by atoms with Crippen LogP contribution in [0.5, 0.6) is 11.5 Å². The molecule has 0 radical (unpaired) electrons. The van der Waals surface area contributed by atoms with Gasteiger partial charge in [0, 0.05) is 47.9 Å². The molecule has 2 unspecified atom stereocenters.